The second-order valence-corrected chi connectivity index (χ2v) is 7.17. The predicted molar refractivity (Wildman–Crippen MR) is 87.2 cm³/mol. The smallest absolute Gasteiger partial charge is 0.255 e. The summed E-state index contributed by atoms with van der Waals surface area (Å²) in [5.74, 6) is -0.154. The van der Waals surface area contributed by atoms with Crippen LogP contribution in [-0.4, -0.2) is 53.9 Å². The SMILES string of the molecule is O=C1CC[C@H](N2Cc3c(ccc4c3OCC3(CNC3)N4)C2=O)C(=O)N1. The van der Waals surface area contributed by atoms with Gasteiger partial charge in [-0.15, -0.1) is 0 Å². The Morgan fingerprint density at radius 1 is 1.20 bits per heavy atom. The lowest BCUT2D eigenvalue weighted by Gasteiger charge is -2.46. The Labute approximate surface area is 143 Å². The molecule has 1 aromatic rings. The predicted octanol–water partition coefficient (Wildman–Crippen LogP) is -0.406. The molecule has 4 heterocycles. The van der Waals surface area contributed by atoms with E-state index in [9.17, 15) is 14.4 Å². The van der Waals surface area contributed by atoms with E-state index in [-0.39, 0.29) is 23.8 Å². The fourth-order valence-corrected chi connectivity index (χ4v) is 4.03. The van der Waals surface area contributed by atoms with Crippen LogP contribution >= 0.6 is 0 Å². The molecule has 1 atom stereocenters. The number of nitrogens with zero attached hydrogens (tertiary/aromatic N) is 1. The first kappa shape index (κ1) is 14.7. The van der Waals surface area contributed by atoms with Gasteiger partial charge in [0.25, 0.3) is 5.91 Å². The molecule has 4 aliphatic heterocycles. The Morgan fingerprint density at radius 3 is 2.76 bits per heavy atom. The fourth-order valence-electron chi connectivity index (χ4n) is 4.03. The summed E-state index contributed by atoms with van der Waals surface area (Å²) >= 11 is 0. The quantitative estimate of drug-likeness (QED) is 0.600. The topological polar surface area (TPSA) is 99.8 Å². The summed E-state index contributed by atoms with van der Waals surface area (Å²) in [6.45, 7) is 2.59. The first-order valence-electron chi connectivity index (χ1n) is 8.49. The number of benzene rings is 1. The molecule has 5 rings (SSSR count). The first-order valence-corrected chi connectivity index (χ1v) is 8.49. The van der Waals surface area contributed by atoms with E-state index in [1.165, 1.54) is 0 Å². The van der Waals surface area contributed by atoms with E-state index in [4.69, 9.17) is 4.74 Å². The molecule has 0 saturated carbocycles. The maximum atomic E-state index is 12.8. The molecule has 1 aromatic carbocycles. The zero-order chi connectivity index (χ0) is 17.2. The molecule has 3 amide bonds. The van der Waals surface area contributed by atoms with Gasteiger partial charge in [-0.2, -0.15) is 0 Å². The van der Waals surface area contributed by atoms with Gasteiger partial charge in [0.05, 0.1) is 17.8 Å². The second kappa shape index (κ2) is 4.95. The largest absolute Gasteiger partial charge is 0.488 e. The zero-order valence-electron chi connectivity index (χ0n) is 13.6. The van der Waals surface area contributed by atoms with Crippen LogP contribution in [0.15, 0.2) is 12.1 Å². The van der Waals surface area contributed by atoms with Gasteiger partial charge in [0, 0.05) is 30.6 Å². The number of anilines is 1. The Kier molecular flexibility index (Phi) is 2.91. The molecule has 25 heavy (non-hydrogen) atoms. The monoisotopic (exact) mass is 342 g/mol. The summed E-state index contributed by atoms with van der Waals surface area (Å²) in [5, 5.41) is 9.09. The van der Waals surface area contributed by atoms with Crippen molar-refractivity contribution in [2.45, 2.75) is 31.0 Å². The lowest BCUT2D eigenvalue weighted by Crippen LogP contribution is -2.68. The van der Waals surface area contributed by atoms with Gasteiger partial charge in [-0.05, 0) is 18.6 Å². The third-order valence-corrected chi connectivity index (χ3v) is 5.49. The van der Waals surface area contributed by atoms with E-state index in [2.05, 4.69) is 16.0 Å². The van der Waals surface area contributed by atoms with E-state index < -0.39 is 11.9 Å². The van der Waals surface area contributed by atoms with Crippen LogP contribution in [0.3, 0.4) is 0 Å². The van der Waals surface area contributed by atoms with Crippen molar-refractivity contribution in [1.29, 1.82) is 0 Å². The van der Waals surface area contributed by atoms with Crippen LogP contribution in [0, 0.1) is 0 Å². The molecule has 2 fully saturated rings. The van der Waals surface area contributed by atoms with Crippen LogP contribution in [-0.2, 0) is 16.1 Å². The number of hydrogen-bond donors (Lipinski definition) is 3. The van der Waals surface area contributed by atoms with Crippen molar-refractivity contribution in [2.24, 2.45) is 0 Å². The fraction of sp³-hybridized carbons (Fsp3) is 0.471. The van der Waals surface area contributed by atoms with Crippen LogP contribution in [0.25, 0.3) is 0 Å². The average molecular weight is 342 g/mol. The third-order valence-electron chi connectivity index (χ3n) is 5.49. The number of imide groups is 1. The van der Waals surface area contributed by atoms with Crippen molar-refractivity contribution in [3.05, 3.63) is 23.3 Å². The van der Waals surface area contributed by atoms with Crippen LogP contribution in [0.4, 0.5) is 5.69 Å². The number of carbonyl (C=O) groups excluding carboxylic acids is 3. The van der Waals surface area contributed by atoms with Crippen molar-refractivity contribution in [1.82, 2.24) is 15.5 Å². The molecule has 2 saturated heterocycles. The number of fused-ring (bicyclic) bond motifs is 3. The summed E-state index contributed by atoms with van der Waals surface area (Å²) in [6, 6.07) is 3.07. The highest BCUT2D eigenvalue weighted by molar-refractivity contribution is 6.06. The lowest BCUT2D eigenvalue weighted by molar-refractivity contribution is -0.136. The van der Waals surface area contributed by atoms with Gasteiger partial charge in [-0.3, -0.25) is 19.7 Å². The number of piperidine rings is 1. The summed E-state index contributed by atoms with van der Waals surface area (Å²) in [4.78, 5) is 37.8. The number of amides is 3. The standard InChI is InChI=1S/C17H18N4O4/c22-13-4-3-12(15(23)19-13)21-5-10-9(16(21)24)1-2-11-14(10)25-8-17(20-11)6-18-7-17/h1-2,12,18,20H,3-8H2,(H,19,22,23)/t12-/m0/s1. The van der Waals surface area contributed by atoms with Gasteiger partial charge < -0.3 is 20.3 Å². The minimum absolute atomic E-state index is 0.0623. The number of hydrogen-bond acceptors (Lipinski definition) is 6. The maximum Gasteiger partial charge on any atom is 0.255 e. The molecular weight excluding hydrogens is 324 g/mol. The van der Waals surface area contributed by atoms with Gasteiger partial charge in [0.15, 0.2) is 0 Å². The average Bonchev–Trinajstić information content (AvgIpc) is 2.90. The van der Waals surface area contributed by atoms with Gasteiger partial charge >= 0.3 is 0 Å². The number of nitrogens with one attached hydrogen (secondary N) is 3. The molecular formula is C17H18N4O4. The Hall–Kier alpha value is -2.61. The van der Waals surface area contributed by atoms with Crippen LogP contribution in [0.2, 0.25) is 0 Å². The number of carbonyl (C=O) groups is 3. The van der Waals surface area contributed by atoms with Gasteiger partial charge in [0.1, 0.15) is 18.4 Å². The van der Waals surface area contributed by atoms with Crippen molar-refractivity contribution in [3.63, 3.8) is 0 Å². The molecule has 8 heteroatoms. The maximum absolute atomic E-state index is 12.8. The van der Waals surface area contributed by atoms with E-state index in [0.29, 0.717) is 30.9 Å². The van der Waals surface area contributed by atoms with Crippen molar-refractivity contribution in [2.75, 3.05) is 25.0 Å². The highest BCUT2D eigenvalue weighted by atomic mass is 16.5. The third kappa shape index (κ3) is 2.07. The molecule has 4 aliphatic rings. The van der Waals surface area contributed by atoms with E-state index >= 15 is 0 Å². The highest BCUT2D eigenvalue weighted by Crippen LogP contribution is 2.42. The van der Waals surface area contributed by atoms with Crippen molar-refractivity contribution < 1.29 is 19.1 Å². The van der Waals surface area contributed by atoms with E-state index in [1.807, 2.05) is 6.07 Å². The van der Waals surface area contributed by atoms with Crippen molar-refractivity contribution in [3.8, 4) is 5.75 Å². The second-order valence-electron chi connectivity index (χ2n) is 7.17. The number of ether oxygens (including phenoxy) is 1. The first-order chi connectivity index (χ1) is 12.1. The molecule has 0 aliphatic carbocycles. The Balaban J connectivity index is 1.45. The molecule has 0 radical (unpaired) electrons. The minimum atomic E-state index is -0.605. The molecule has 1 spiro atoms. The molecule has 130 valence electrons. The van der Waals surface area contributed by atoms with Gasteiger partial charge in [-0.1, -0.05) is 0 Å². The summed E-state index contributed by atoms with van der Waals surface area (Å²) < 4.78 is 6.02. The Bertz CT molecular complexity index is 817. The molecule has 0 aromatic heterocycles. The van der Waals surface area contributed by atoms with Gasteiger partial charge in [-0.25, -0.2) is 0 Å². The normalized spacial score (nSPS) is 26.3. The number of rotatable bonds is 1. The summed E-state index contributed by atoms with van der Waals surface area (Å²) in [7, 11) is 0. The zero-order valence-corrected chi connectivity index (χ0v) is 13.6. The molecule has 0 unspecified atom stereocenters. The summed E-state index contributed by atoms with van der Waals surface area (Å²) in [5.41, 5.74) is 2.23. The van der Waals surface area contributed by atoms with E-state index in [0.717, 1.165) is 24.3 Å². The van der Waals surface area contributed by atoms with Crippen LogP contribution in [0.5, 0.6) is 5.75 Å². The van der Waals surface area contributed by atoms with Gasteiger partial charge in [0.2, 0.25) is 11.8 Å². The van der Waals surface area contributed by atoms with Crippen LogP contribution in [0.1, 0.15) is 28.8 Å². The molecule has 0 bridgehead atoms. The summed E-state index contributed by atoms with van der Waals surface area (Å²) in [6.07, 6.45) is 0.614. The Morgan fingerprint density at radius 2 is 2.04 bits per heavy atom. The van der Waals surface area contributed by atoms with Crippen LogP contribution < -0.4 is 20.7 Å². The molecule has 8 nitrogen and oxygen atoms in total. The minimum Gasteiger partial charge on any atom is -0.488 e. The van der Waals surface area contributed by atoms with Crippen molar-refractivity contribution >= 4 is 23.4 Å². The molecule has 3 N–H and O–H groups in total. The lowest BCUT2D eigenvalue weighted by atomic mass is 9.91. The van der Waals surface area contributed by atoms with E-state index in [1.54, 1.807) is 11.0 Å². The highest BCUT2D eigenvalue weighted by Gasteiger charge is 2.45.